The number of hydrogen-bond acceptors (Lipinski definition) is 8. The van der Waals surface area contributed by atoms with Gasteiger partial charge in [-0.05, 0) is 83.0 Å². The van der Waals surface area contributed by atoms with Crippen molar-refractivity contribution in [2.45, 2.75) is 112 Å². The van der Waals surface area contributed by atoms with Crippen LogP contribution in [0.25, 0.3) is 0 Å². The van der Waals surface area contributed by atoms with Gasteiger partial charge in [-0.1, -0.05) is 90.1 Å². The van der Waals surface area contributed by atoms with Crippen LogP contribution in [-0.2, 0) is 62.8 Å². The predicted molar refractivity (Wildman–Crippen MR) is 200 cm³/mol. The summed E-state index contributed by atoms with van der Waals surface area (Å²) in [6.07, 6.45) is 1.50. The number of hydrogen-bond donors (Lipinski definition) is 0. The zero-order valence-corrected chi connectivity index (χ0v) is 33.2. The van der Waals surface area contributed by atoms with Crippen molar-refractivity contribution in [3.8, 4) is 0 Å². The molecule has 282 valence electrons. The molecule has 3 aromatic carbocycles. The molecule has 3 aromatic rings. The van der Waals surface area contributed by atoms with E-state index in [9.17, 15) is 26.4 Å². The SMILES string of the molecule is COC(=O)C1(Cc2cccc(CC3(C(=O)OC)CCCN3S(=O)(=O)c3ccc(C(C)(C)C)cc3)c2)CCCN1S(=O)(=O)c1ccc(C(C)(C)C)cc1. The lowest BCUT2D eigenvalue weighted by Gasteiger charge is -2.36. The van der Waals surface area contributed by atoms with Crippen LogP contribution >= 0.6 is 0 Å². The van der Waals surface area contributed by atoms with Crippen LogP contribution < -0.4 is 0 Å². The fraction of sp³-hybridized carbons (Fsp3) is 0.500. The fourth-order valence-electron chi connectivity index (χ4n) is 7.73. The van der Waals surface area contributed by atoms with Crippen molar-refractivity contribution >= 4 is 32.0 Å². The summed E-state index contributed by atoms with van der Waals surface area (Å²) >= 11 is 0. The molecule has 0 amide bonds. The second kappa shape index (κ2) is 14.3. The summed E-state index contributed by atoms with van der Waals surface area (Å²) in [5.74, 6) is -1.30. The minimum absolute atomic E-state index is 0.0280. The molecular formula is C40H52N2O8S2. The Bertz CT molecular complexity index is 1870. The molecule has 12 heteroatoms. The summed E-state index contributed by atoms with van der Waals surface area (Å²) in [4.78, 5) is 27.5. The third kappa shape index (κ3) is 7.31. The average Bonchev–Trinajstić information content (AvgIpc) is 3.73. The number of benzene rings is 3. The van der Waals surface area contributed by atoms with Crippen LogP contribution in [-0.4, -0.2) is 75.8 Å². The molecule has 2 unspecified atom stereocenters. The van der Waals surface area contributed by atoms with Crippen LogP contribution in [0, 0.1) is 0 Å². The van der Waals surface area contributed by atoms with E-state index in [1.165, 1.54) is 22.8 Å². The Balaban J connectivity index is 1.49. The van der Waals surface area contributed by atoms with Crippen LogP contribution in [0.2, 0.25) is 0 Å². The third-order valence-corrected chi connectivity index (χ3v) is 14.6. The van der Waals surface area contributed by atoms with Crippen molar-refractivity contribution in [2.24, 2.45) is 0 Å². The maximum Gasteiger partial charge on any atom is 0.327 e. The van der Waals surface area contributed by atoms with Crippen molar-refractivity contribution in [1.29, 1.82) is 0 Å². The molecule has 2 heterocycles. The van der Waals surface area contributed by atoms with Crippen molar-refractivity contribution < 1.29 is 35.9 Å². The van der Waals surface area contributed by atoms with Crippen LogP contribution in [0.5, 0.6) is 0 Å². The lowest BCUT2D eigenvalue weighted by Crippen LogP contribution is -2.55. The first-order valence-electron chi connectivity index (χ1n) is 17.7. The number of carbonyl (C=O) groups is 2. The maximum atomic E-state index is 14.2. The number of esters is 2. The monoisotopic (exact) mass is 752 g/mol. The molecule has 0 spiro atoms. The molecule has 0 aromatic heterocycles. The minimum atomic E-state index is -4.10. The lowest BCUT2D eigenvalue weighted by atomic mass is 9.85. The number of sulfonamides is 2. The molecule has 52 heavy (non-hydrogen) atoms. The topological polar surface area (TPSA) is 127 Å². The Morgan fingerprint density at radius 1 is 0.615 bits per heavy atom. The van der Waals surface area contributed by atoms with Gasteiger partial charge in [0.2, 0.25) is 20.0 Å². The molecule has 0 radical (unpaired) electrons. The Morgan fingerprint density at radius 2 is 0.962 bits per heavy atom. The van der Waals surface area contributed by atoms with Crippen molar-refractivity contribution in [3.63, 3.8) is 0 Å². The number of rotatable bonds is 10. The van der Waals surface area contributed by atoms with Crippen molar-refractivity contribution in [1.82, 2.24) is 8.61 Å². The Labute approximate surface area is 309 Å². The van der Waals surface area contributed by atoms with E-state index in [0.29, 0.717) is 24.0 Å². The van der Waals surface area contributed by atoms with Gasteiger partial charge in [-0.25, -0.2) is 16.8 Å². The Kier molecular flexibility index (Phi) is 10.9. The van der Waals surface area contributed by atoms with Gasteiger partial charge >= 0.3 is 11.9 Å². The van der Waals surface area contributed by atoms with E-state index < -0.39 is 43.1 Å². The molecule has 2 fully saturated rings. The van der Waals surface area contributed by atoms with Crippen molar-refractivity contribution in [2.75, 3.05) is 27.3 Å². The molecule has 2 atom stereocenters. The molecule has 0 aliphatic carbocycles. The molecule has 2 saturated heterocycles. The van der Waals surface area contributed by atoms with E-state index >= 15 is 0 Å². The number of carbonyl (C=O) groups excluding carboxylic acids is 2. The largest absolute Gasteiger partial charge is 0.468 e. The molecule has 0 N–H and O–H groups in total. The van der Waals surface area contributed by atoms with Gasteiger partial charge in [-0.3, -0.25) is 9.59 Å². The van der Waals surface area contributed by atoms with Gasteiger partial charge in [-0.15, -0.1) is 0 Å². The maximum absolute atomic E-state index is 14.2. The quantitative estimate of drug-likeness (QED) is 0.226. The van der Waals surface area contributed by atoms with Crippen LogP contribution in [0.1, 0.15) is 89.5 Å². The summed E-state index contributed by atoms with van der Waals surface area (Å²) < 4.78 is 69.8. The van der Waals surface area contributed by atoms with Crippen molar-refractivity contribution in [3.05, 3.63) is 95.1 Å². The first-order valence-corrected chi connectivity index (χ1v) is 20.6. The number of ether oxygens (including phenoxy) is 2. The molecule has 0 saturated carbocycles. The van der Waals surface area contributed by atoms with Crippen LogP contribution in [0.3, 0.4) is 0 Å². The normalized spacial score (nSPS) is 22.0. The second-order valence-corrected chi connectivity index (χ2v) is 19.9. The highest BCUT2D eigenvalue weighted by Crippen LogP contribution is 2.41. The zero-order valence-electron chi connectivity index (χ0n) is 31.6. The summed E-state index contributed by atoms with van der Waals surface area (Å²) in [7, 11) is -5.69. The zero-order chi connectivity index (χ0) is 38.3. The van der Waals surface area contributed by atoms with Gasteiger partial charge in [0, 0.05) is 25.9 Å². The summed E-state index contributed by atoms with van der Waals surface area (Å²) in [5, 5.41) is 0. The van der Waals surface area contributed by atoms with Gasteiger partial charge in [0.05, 0.1) is 24.0 Å². The minimum Gasteiger partial charge on any atom is -0.468 e. The summed E-state index contributed by atoms with van der Waals surface area (Å²) in [6.45, 7) is 12.6. The highest BCUT2D eigenvalue weighted by atomic mass is 32.2. The standard InChI is InChI=1S/C40H52N2O8S2/c1-37(2,3)31-14-18-33(19-15-31)51(45,46)41-24-10-22-39(41,35(43)49-7)27-29-12-9-13-30(26-29)28-40(36(44)50-8)23-11-25-42(40)52(47,48)34-20-16-32(17-21-34)38(4,5)6/h9,12-21,26H,10-11,22-25,27-28H2,1-8H3. The van der Waals surface area contributed by atoms with E-state index in [4.69, 9.17) is 9.47 Å². The Morgan fingerprint density at radius 3 is 1.27 bits per heavy atom. The van der Waals surface area contributed by atoms with Crippen LogP contribution in [0.4, 0.5) is 0 Å². The predicted octanol–water partition coefficient (Wildman–Crippen LogP) is 6.16. The van der Waals surface area contributed by atoms with E-state index in [1.807, 2.05) is 6.07 Å². The molecule has 2 aliphatic heterocycles. The van der Waals surface area contributed by atoms with Gasteiger partial charge in [0.15, 0.2) is 0 Å². The first kappa shape index (κ1) is 39.6. The fourth-order valence-corrected chi connectivity index (χ4v) is 11.3. The number of nitrogens with zero attached hydrogens (tertiary/aromatic N) is 2. The number of methoxy groups -OCH3 is 2. The van der Waals surface area contributed by atoms with Gasteiger partial charge in [0.1, 0.15) is 11.1 Å². The molecule has 0 bridgehead atoms. The van der Waals surface area contributed by atoms with Gasteiger partial charge < -0.3 is 9.47 Å². The second-order valence-electron chi connectivity index (χ2n) is 16.1. The van der Waals surface area contributed by atoms with E-state index in [1.54, 1.807) is 66.7 Å². The molecule has 2 aliphatic rings. The van der Waals surface area contributed by atoms with E-state index in [-0.39, 0.29) is 59.4 Å². The van der Waals surface area contributed by atoms with Crippen LogP contribution in [0.15, 0.2) is 82.6 Å². The van der Waals surface area contributed by atoms with Gasteiger partial charge in [-0.2, -0.15) is 8.61 Å². The van der Waals surface area contributed by atoms with E-state index in [0.717, 1.165) is 11.1 Å². The third-order valence-electron chi connectivity index (χ3n) is 10.6. The molecular weight excluding hydrogens is 701 g/mol. The Hall–Kier alpha value is -3.58. The molecule has 10 nitrogen and oxygen atoms in total. The average molecular weight is 753 g/mol. The smallest absolute Gasteiger partial charge is 0.327 e. The highest BCUT2D eigenvalue weighted by molar-refractivity contribution is 7.89. The summed E-state index contributed by atoms with van der Waals surface area (Å²) in [6, 6.07) is 20.8. The molecule has 5 rings (SSSR count). The van der Waals surface area contributed by atoms with E-state index in [2.05, 4.69) is 41.5 Å². The summed E-state index contributed by atoms with van der Waals surface area (Å²) in [5.41, 5.74) is -0.0624. The highest BCUT2D eigenvalue weighted by Gasteiger charge is 2.55. The van der Waals surface area contributed by atoms with Gasteiger partial charge in [0.25, 0.3) is 0 Å². The first-order chi connectivity index (χ1) is 24.2. The lowest BCUT2D eigenvalue weighted by molar-refractivity contribution is -0.151.